The first-order valence-corrected chi connectivity index (χ1v) is 10.6. The monoisotopic (exact) mass is 437 g/mol. The topological polar surface area (TPSA) is 119 Å². The summed E-state index contributed by atoms with van der Waals surface area (Å²) in [5.74, 6) is 0. The molecule has 8 heteroatoms. The number of hydrogen-bond donors (Lipinski definition) is 3. The van der Waals surface area contributed by atoms with E-state index in [1.165, 1.54) is 54.2 Å². The summed E-state index contributed by atoms with van der Waals surface area (Å²) in [5, 5.41) is 8.36. The maximum Gasteiger partial charge on any atom is 0.339 e. The van der Waals surface area contributed by atoms with Crippen molar-refractivity contribution in [2.75, 3.05) is 17.8 Å². The Hall–Kier alpha value is -3.52. The van der Waals surface area contributed by atoms with Gasteiger partial charge in [-0.3, -0.25) is 0 Å². The molecule has 0 bridgehead atoms. The maximum atomic E-state index is 12.6. The molecule has 3 aromatic rings. The number of anilines is 1. The van der Waals surface area contributed by atoms with E-state index < -0.39 is 0 Å². The molecule has 2 aromatic carbocycles. The maximum absolute atomic E-state index is 12.6. The molecule has 0 atom stereocenters. The number of rotatable bonds is 2. The summed E-state index contributed by atoms with van der Waals surface area (Å²) in [5.41, 5.74) is 15.0. The molecule has 2 aliphatic rings. The molecule has 2 amide bonds. The van der Waals surface area contributed by atoms with E-state index in [0.29, 0.717) is 0 Å². The van der Waals surface area contributed by atoms with Crippen LogP contribution >= 0.6 is 0 Å². The number of carbonyl (C=O) groups excluding carboxylic acids is 3. The molecule has 5 rings (SSSR count). The van der Waals surface area contributed by atoms with Gasteiger partial charge in [0.15, 0.2) is 0 Å². The number of aryl methyl sites for hydroxylation is 1. The number of urea groups is 1. The van der Waals surface area contributed by atoms with Crippen molar-refractivity contribution in [3.8, 4) is 0 Å². The highest BCUT2D eigenvalue weighted by molar-refractivity contribution is 5.97. The van der Waals surface area contributed by atoms with Crippen molar-refractivity contribution in [2.24, 2.45) is 5.73 Å². The summed E-state index contributed by atoms with van der Waals surface area (Å²) in [7, 11) is 1.50. The number of para-hydroxylation sites is 1. The number of benzene rings is 2. The lowest BCUT2D eigenvalue weighted by molar-refractivity contribution is -0.0987. The van der Waals surface area contributed by atoms with Crippen LogP contribution in [-0.2, 0) is 35.3 Å². The third-order valence-electron chi connectivity index (χ3n) is 5.67. The van der Waals surface area contributed by atoms with E-state index in [0.717, 1.165) is 35.9 Å². The number of fused-ring (bicyclic) bond motifs is 4. The first-order chi connectivity index (χ1) is 15.8. The fourth-order valence-corrected chi connectivity index (χ4v) is 4.49. The predicted octanol–water partition coefficient (Wildman–Crippen LogP) is 3.38. The molecule has 0 aliphatic heterocycles. The Labute approximate surface area is 188 Å². The van der Waals surface area contributed by atoms with Crippen LogP contribution in [0.3, 0.4) is 0 Å². The van der Waals surface area contributed by atoms with E-state index in [-0.39, 0.29) is 6.03 Å². The second-order valence-electron chi connectivity index (χ2n) is 7.26. The van der Waals surface area contributed by atoms with Crippen LogP contribution in [-0.4, -0.2) is 36.5 Å². The minimum atomic E-state index is -0.246. The molecule has 170 valence electrons. The normalized spacial score (nSPS) is 13.1. The Morgan fingerprint density at radius 3 is 2.34 bits per heavy atom. The van der Waals surface area contributed by atoms with Gasteiger partial charge in [0.2, 0.25) is 0 Å². The molecule has 1 aromatic heterocycles. The molecule has 0 saturated carbocycles. The van der Waals surface area contributed by atoms with Gasteiger partial charge in [-0.25, -0.2) is 10.2 Å². The van der Waals surface area contributed by atoms with Crippen LogP contribution in [0.4, 0.5) is 10.5 Å². The number of carbonyl (C=O) groups is 3. The molecular weight excluding hydrogens is 406 g/mol. The fourth-order valence-electron chi connectivity index (χ4n) is 4.49. The molecular formula is C24H31N5O3. The minimum absolute atomic E-state index is 0.246. The first-order valence-electron chi connectivity index (χ1n) is 10.6. The van der Waals surface area contributed by atoms with Gasteiger partial charge in [-0.05, 0) is 86.4 Å². The number of amides is 2. The van der Waals surface area contributed by atoms with Gasteiger partial charge in [0, 0.05) is 11.1 Å². The van der Waals surface area contributed by atoms with E-state index in [2.05, 4.69) is 27.6 Å². The van der Waals surface area contributed by atoms with Gasteiger partial charge in [-0.1, -0.05) is 18.2 Å². The second kappa shape index (κ2) is 12.4. The van der Waals surface area contributed by atoms with Crippen LogP contribution in [0.2, 0.25) is 0 Å². The molecule has 0 saturated heterocycles. The van der Waals surface area contributed by atoms with E-state index in [1.807, 2.05) is 37.8 Å². The van der Waals surface area contributed by atoms with Crippen LogP contribution in [0.5, 0.6) is 0 Å². The molecule has 0 spiro atoms. The van der Waals surface area contributed by atoms with Gasteiger partial charge >= 0.3 is 6.03 Å². The summed E-state index contributed by atoms with van der Waals surface area (Å²) in [6.45, 7) is 4.00. The van der Waals surface area contributed by atoms with Crippen LogP contribution < -0.4 is 16.5 Å². The average Bonchev–Trinajstić information content (AvgIpc) is 3.50. The van der Waals surface area contributed by atoms with Gasteiger partial charge in [0.05, 0.1) is 11.7 Å². The Morgan fingerprint density at radius 2 is 1.59 bits per heavy atom. The van der Waals surface area contributed by atoms with Crippen molar-refractivity contribution in [3.05, 3.63) is 58.8 Å². The minimum Gasteiger partial charge on any atom is -0.333 e. The molecule has 0 unspecified atom stereocenters. The SMILES string of the molecule is C=O.C=O.CN.O=C(Nc1cc2c(c3c1CCCC3)CCC2)Nn1ncc2ccccc21. The summed E-state index contributed by atoms with van der Waals surface area (Å²) in [6.07, 6.45) is 9.98. The molecule has 0 radical (unpaired) electrons. The van der Waals surface area contributed by atoms with Gasteiger partial charge in [-0.15, -0.1) is 0 Å². The zero-order valence-electron chi connectivity index (χ0n) is 18.5. The molecule has 0 fully saturated rings. The smallest absolute Gasteiger partial charge is 0.333 e. The summed E-state index contributed by atoms with van der Waals surface area (Å²) < 4.78 is 0. The van der Waals surface area contributed by atoms with Crippen molar-refractivity contribution in [1.29, 1.82) is 0 Å². The number of nitrogens with two attached hydrogens (primary N) is 1. The van der Waals surface area contributed by atoms with Gasteiger partial charge in [0.25, 0.3) is 0 Å². The molecule has 32 heavy (non-hydrogen) atoms. The summed E-state index contributed by atoms with van der Waals surface area (Å²) in [6, 6.07) is 9.79. The second-order valence-corrected chi connectivity index (χ2v) is 7.26. The lowest BCUT2D eigenvalue weighted by Crippen LogP contribution is -2.29. The van der Waals surface area contributed by atoms with Gasteiger partial charge < -0.3 is 20.6 Å². The van der Waals surface area contributed by atoms with Crippen LogP contribution in [0.1, 0.15) is 41.5 Å². The van der Waals surface area contributed by atoms with Crippen molar-refractivity contribution in [2.45, 2.75) is 44.9 Å². The van der Waals surface area contributed by atoms with Crippen molar-refractivity contribution >= 4 is 36.2 Å². The zero-order valence-corrected chi connectivity index (χ0v) is 18.5. The van der Waals surface area contributed by atoms with Crippen LogP contribution in [0, 0.1) is 0 Å². The van der Waals surface area contributed by atoms with Crippen LogP contribution in [0.15, 0.2) is 36.5 Å². The molecule has 2 aliphatic carbocycles. The molecule has 4 N–H and O–H groups in total. The Balaban J connectivity index is 0.000000561. The van der Waals surface area contributed by atoms with E-state index in [1.54, 1.807) is 11.8 Å². The lowest BCUT2D eigenvalue weighted by Gasteiger charge is -2.23. The summed E-state index contributed by atoms with van der Waals surface area (Å²) in [4.78, 5) is 30.2. The van der Waals surface area contributed by atoms with Gasteiger partial charge in [-0.2, -0.15) is 9.89 Å². The van der Waals surface area contributed by atoms with Crippen molar-refractivity contribution in [3.63, 3.8) is 0 Å². The molecule has 1 heterocycles. The third kappa shape index (κ3) is 5.20. The third-order valence-corrected chi connectivity index (χ3v) is 5.67. The Morgan fingerprint density at radius 1 is 0.938 bits per heavy atom. The number of nitrogens with zero attached hydrogens (tertiary/aromatic N) is 2. The van der Waals surface area contributed by atoms with E-state index in [4.69, 9.17) is 9.59 Å². The van der Waals surface area contributed by atoms with E-state index >= 15 is 0 Å². The first kappa shape index (κ1) is 24.7. The highest BCUT2D eigenvalue weighted by atomic mass is 16.2. The van der Waals surface area contributed by atoms with E-state index in [9.17, 15) is 4.79 Å². The fraction of sp³-hybridized carbons (Fsp3) is 0.333. The highest BCUT2D eigenvalue weighted by Gasteiger charge is 2.23. The Kier molecular flexibility index (Phi) is 9.56. The highest BCUT2D eigenvalue weighted by Crippen LogP contribution is 2.37. The largest absolute Gasteiger partial charge is 0.339 e. The molecule has 8 nitrogen and oxygen atoms in total. The number of hydrogen-bond acceptors (Lipinski definition) is 5. The zero-order chi connectivity index (χ0) is 23.5. The lowest BCUT2D eigenvalue weighted by atomic mass is 9.85. The number of aromatic nitrogens is 2. The predicted molar refractivity (Wildman–Crippen MR) is 128 cm³/mol. The van der Waals surface area contributed by atoms with Crippen molar-refractivity contribution < 1.29 is 14.4 Å². The Bertz CT molecular complexity index is 1050. The average molecular weight is 438 g/mol. The van der Waals surface area contributed by atoms with Crippen LogP contribution in [0.25, 0.3) is 10.9 Å². The summed E-state index contributed by atoms with van der Waals surface area (Å²) >= 11 is 0. The standard InChI is InChI=1S/C21H22N4O.CH5N.2CH2O/c26-21(24-25-20-11-4-1-6-15(20)13-22-25)23-19-12-14-7-5-10-16(14)17-8-2-3-9-18(17)19;3*1-2/h1,4,6,11-13H,2-3,5,7-10H2,(H2,23,24,26);2H2,1H3;2*1H2. The number of nitrogens with one attached hydrogen (secondary N) is 2. The quantitative estimate of drug-likeness (QED) is 0.568. The van der Waals surface area contributed by atoms with Gasteiger partial charge in [0.1, 0.15) is 13.6 Å². The van der Waals surface area contributed by atoms with Crippen molar-refractivity contribution in [1.82, 2.24) is 9.89 Å².